The number of piperazine rings is 1. The van der Waals surface area contributed by atoms with E-state index in [1.807, 2.05) is 6.07 Å². The smallest absolute Gasteiger partial charge is 0.317 e. The molecule has 1 aliphatic heterocycles. The molecule has 7 N–H and O–H groups in total. The zero-order chi connectivity index (χ0) is 35.9. The fourth-order valence-electron chi connectivity index (χ4n) is 5.89. The number of aromatic nitrogens is 3. The number of nitrogens with two attached hydrogens (primary N) is 2. The number of aryl methyl sites for hydroxylation is 1. The highest BCUT2D eigenvalue weighted by atomic mass is 32.2. The normalized spacial score (nSPS) is 15.2. The van der Waals surface area contributed by atoms with E-state index in [1.54, 1.807) is 0 Å². The Kier molecular flexibility index (Phi) is 15.8. The predicted molar refractivity (Wildman–Crippen MR) is 198 cm³/mol. The maximum Gasteiger partial charge on any atom is 0.317 e. The molecular weight excluding hydrogens is 659 g/mol. The molecule has 2 atom stereocenters. The van der Waals surface area contributed by atoms with Crippen LogP contribution in [0.2, 0.25) is 0 Å². The number of carboxylic acids is 1. The lowest BCUT2D eigenvalue weighted by molar-refractivity contribution is -0.138. The molecule has 3 aromatic rings. The number of carbonyl (C=O) groups is 3. The quantitative estimate of drug-likeness (QED) is 0.0754. The van der Waals surface area contributed by atoms with Crippen LogP contribution < -0.4 is 22.1 Å². The molecule has 1 fully saturated rings. The minimum Gasteiger partial charge on any atom is -0.480 e. The molecule has 1 aromatic carbocycles. The summed E-state index contributed by atoms with van der Waals surface area (Å²) in [5.74, 6) is -0.256. The second-order valence-electron chi connectivity index (χ2n) is 12.7. The zero-order valence-corrected chi connectivity index (χ0v) is 30.1. The molecule has 1 aliphatic rings. The highest BCUT2D eigenvalue weighted by Gasteiger charge is 2.23. The lowest BCUT2D eigenvalue weighted by Gasteiger charge is -2.34. The number of hydrogen-bond acceptors (Lipinski definition) is 12. The van der Waals surface area contributed by atoms with Crippen molar-refractivity contribution in [3.8, 4) is 0 Å². The van der Waals surface area contributed by atoms with Crippen molar-refractivity contribution in [2.45, 2.75) is 63.9 Å². The van der Waals surface area contributed by atoms with E-state index in [0.717, 1.165) is 93.8 Å². The van der Waals surface area contributed by atoms with E-state index in [9.17, 15) is 19.5 Å². The van der Waals surface area contributed by atoms with Gasteiger partial charge in [0.15, 0.2) is 5.82 Å². The first-order valence-corrected chi connectivity index (χ1v) is 18.5. The van der Waals surface area contributed by atoms with Gasteiger partial charge in [-0.05, 0) is 36.1 Å². The van der Waals surface area contributed by atoms with Crippen molar-refractivity contribution in [2.75, 3.05) is 75.8 Å². The monoisotopic (exact) mass is 711 g/mol. The summed E-state index contributed by atoms with van der Waals surface area (Å²) in [5.41, 5.74) is 17.2. The lowest BCUT2D eigenvalue weighted by atomic mass is 10.0. The molecule has 15 heteroatoms. The maximum atomic E-state index is 12.2. The Morgan fingerprint density at radius 1 is 1.08 bits per heavy atom. The van der Waals surface area contributed by atoms with Gasteiger partial charge in [-0.2, -0.15) is 4.98 Å². The van der Waals surface area contributed by atoms with Gasteiger partial charge in [-0.1, -0.05) is 38.0 Å². The van der Waals surface area contributed by atoms with E-state index in [2.05, 4.69) is 73.2 Å². The molecule has 3 heterocycles. The van der Waals surface area contributed by atoms with Crippen LogP contribution in [0.25, 0.3) is 11.0 Å². The van der Waals surface area contributed by atoms with Crippen molar-refractivity contribution < 1.29 is 24.2 Å². The van der Waals surface area contributed by atoms with Gasteiger partial charge in [0.25, 0.3) is 0 Å². The molecule has 2 aromatic heterocycles. The molecule has 1 saturated heterocycles. The number of aliphatic carboxylic acids is 1. The highest BCUT2D eigenvalue weighted by Crippen LogP contribution is 2.25. The van der Waals surface area contributed by atoms with Crippen LogP contribution in [0.4, 0.5) is 11.8 Å². The van der Waals surface area contributed by atoms with Gasteiger partial charge in [-0.15, -0.1) is 11.8 Å². The number of thioether (sulfide) groups is 1. The number of aldehydes is 1. The molecule has 50 heavy (non-hydrogen) atoms. The zero-order valence-electron chi connectivity index (χ0n) is 29.3. The standard InChI is InChI=1S/C35H53N9O5S/c1-3-4-5-9-39-33-32-29(40-35(37)41-33)8-11-44(32)22-27-7-6-26(19-25(27)2)21-43-14-12-42(13-15-43)16-18-49-17-10-38-31(46)20-30(34(47)48)50-24-28(36)23-45/h6-8,11,19,23,28,30H,3-5,9-10,12-18,20-22,24,36H2,1-2H3,(H,38,46)(H,47,48)(H3,37,39,40,41). The third-order valence-electron chi connectivity index (χ3n) is 8.75. The van der Waals surface area contributed by atoms with Gasteiger partial charge in [0.05, 0.1) is 24.8 Å². The molecule has 14 nitrogen and oxygen atoms in total. The van der Waals surface area contributed by atoms with Crippen molar-refractivity contribution in [2.24, 2.45) is 5.73 Å². The van der Waals surface area contributed by atoms with Gasteiger partial charge in [0.1, 0.15) is 17.1 Å². The number of carboxylic acid groups (broad SMARTS) is 1. The summed E-state index contributed by atoms with van der Waals surface area (Å²) in [6, 6.07) is 8.01. The Morgan fingerprint density at radius 3 is 2.58 bits per heavy atom. The molecule has 1 amide bonds. The average molecular weight is 712 g/mol. The fraction of sp³-hybridized carbons (Fsp3) is 0.571. The first-order valence-electron chi connectivity index (χ1n) is 17.5. The van der Waals surface area contributed by atoms with Crippen LogP contribution in [-0.4, -0.2) is 124 Å². The summed E-state index contributed by atoms with van der Waals surface area (Å²) in [7, 11) is 0. The van der Waals surface area contributed by atoms with E-state index in [-0.39, 0.29) is 24.0 Å². The third kappa shape index (κ3) is 12.2. The molecule has 2 unspecified atom stereocenters. The van der Waals surface area contributed by atoms with Gasteiger partial charge in [0.2, 0.25) is 11.9 Å². The number of benzene rings is 1. The summed E-state index contributed by atoms with van der Waals surface area (Å²) in [6.07, 6.45) is 5.85. The van der Waals surface area contributed by atoms with Gasteiger partial charge in [0, 0.05) is 77.3 Å². The lowest BCUT2D eigenvalue weighted by Crippen LogP contribution is -2.46. The van der Waals surface area contributed by atoms with Crippen molar-refractivity contribution in [1.82, 2.24) is 29.7 Å². The minimum atomic E-state index is -1.10. The Labute approximate surface area is 298 Å². The number of amides is 1. The summed E-state index contributed by atoms with van der Waals surface area (Å²) in [6.45, 7) is 12.7. The van der Waals surface area contributed by atoms with Crippen LogP contribution >= 0.6 is 11.8 Å². The van der Waals surface area contributed by atoms with Crippen LogP contribution in [-0.2, 0) is 32.2 Å². The number of carbonyl (C=O) groups excluding carboxylic acids is 2. The van der Waals surface area contributed by atoms with E-state index in [0.29, 0.717) is 26.0 Å². The van der Waals surface area contributed by atoms with E-state index in [4.69, 9.17) is 16.2 Å². The maximum absolute atomic E-state index is 12.2. The first-order chi connectivity index (χ1) is 24.2. The van der Waals surface area contributed by atoms with Crippen molar-refractivity contribution in [3.63, 3.8) is 0 Å². The Balaban J connectivity index is 1.15. The summed E-state index contributed by atoms with van der Waals surface area (Å²) < 4.78 is 7.91. The average Bonchev–Trinajstić information content (AvgIpc) is 3.50. The second kappa shape index (κ2) is 20.2. The van der Waals surface area contributed by atoms with Gasteiger partial charge < -0.3 is 41.3 Å². The second-order valence-corrected chi connectivity index (χ2v) is 14.0. The number of nitrogens with zero attached hydrogens (tertiary/aromatic N) is 5. The summed E-state index contributed by atoms with van der Waals surface area (Å²) in [5, 5.41) is 14.6. The van der Waals surface area contributed by atoms with Crippen LogP contribution in [0.3, 0.4) is 0 Å². The number of hydrogen-bond donors (Lipinski definition) is 5. The number of rotatable bonds is 22. The van der Waals surface area contributed by atoms with E-state index in [1.165, 1.54) is 23.1 Å². The fourth-order valence-corrected chi connectivity index (χ4v) is 6.84. The number of fused-ring (bicyclic) bond motifs is 1. The van der Waals surface area contributed by atoms with Crippen LogP contribution in [0.5, 0.6) is 0 Å². The molecule has 0 saturated carbocycles. The highest BCUT2D eigenvalue weighted by molar-refractivity contribution is 8.00. The minimum absolute atomic E-state index is 0.150. The number of nitrogen functional groups attached to an aromatic ring is 1. The molecular formula is C35H53N9O5S. The number of ether oxygens (including phenoxy) is 1. The van der Waals surface area contributed by atoms with E-state index >= 15 is 0 Å². The predicted octanol–water partition coefficient (Wildman–Crippen LogP) is 2.33. The van der Waals surface area contributed by atoms with Crippen molar-refractivity contribution in [3.05, 3.63) is 47.2 Å². The van der Waals surface area contributed by atoms with Crippen LogP contribution in [0.1, 0.15) is 49.3 Å². The summed E-state index contributed by atoms with van der Waals surface area (Å²) >= 11 is 0.993. The van der Waals surface area contributed by atoms with Crippen molar-refractivity contribution >= 4 is 52.7 Å². The van der Waals surface area contributed by atoms with Crippen molar-refractivity contribution in [1.29, 1.82) is 0 Å². The topological polar surface area (TPSA) is 194 Å². The van der Waals surface area contributed by atoms with Gasteiger partial charge >= 0.3 is 5.97 Å². The van der Waals surface area contributed by atoms with Gasteiger partial charge in [-0.3, -0.25) is 19.4 Å². The third-order valence-corrected chi connectivity index (χ3v) is 10.1. The Morgan fingerprint density at radius 2 is 1.86 bits per heavy atom. The first kappa shape index (κ1) is 39.0. The number of nitrogens with one attached hydrogen (secondary N) is 2. The number of anilines is 2. The van der Waals surface area contributed by atoms with Crippen LogP contribution in [0, 0.1) is 6.92 Å². The molecule has 0 bridgehead atoms. The molecule has 0 aliphatic carbocycles. The number of unbranched alkanes of at least 4 members (excludes halogenated alkanes) is 2. The molecule has 0 spiro atoms. The Hall–Kier alpha value is -3.76. The molecule has 4 rings (SSSR count). The molecule has 274 valence electrons. The van der Waals surface area contributed by atoms with E-state index < -0.39 is 17.3 Å². The largest absolute Gasteiger partial charge is 0.480 e. The SMILES string of the molecule is CCCCCNc1nc(N)nc2ccn(Cc3ccc(CN4CCN(CCOCCNC(=O)CC(SCC(N)C=O)C(=O)O)CC4)cc3C)c12. The van der Waals surface area contributed by atoms with Crippen LogP contribution in [0.15, 0.2) is 30.5 Å². The Bertz CT molecular complexity index is 1550. The molecule has 0 radical (unpaired) electrons. The van der Waals surface area contributed by atoms with Gasteiger partial charge in [-0.25, -0.2) is 4.98 Å². The summed E-state index contributed by atoms with van der Waals surface area (Å²) in [4.78, 5) is 48.0.